The van der Waals surface area contributed by atoms with E-state index < -0.39 is 18.6 Å². The summed E-state index contributed by atoms with van der Waals surface area (Å²) in [5.41, 5.74) is 1.97. The van der Waals surface area contributed by atoms with E-state index in [0.29, 0.717) is 13.0 Å². The summed E-state index contributed by atoms with van der Waals surface area (Å²) in [6.07, 6.45) is -3.72. The van der Waals surface area contributed by atoms with Crippen LogP contribution in [0, 0.1) is 0 Å². The van der Waals surface area contributed by atoms with Crippen LogP contribution in [0.3, 0.4) is 0 Å². The monoisotopic (exact) mass is 300 g/mol. The van der Waals surface area contributed by atoms with Crippen molar-refractivity contribution < 1.29 is 18.0 Å². The minimum atomic E-state index is -4.35. The van der Waals surface area contributed by atoms with E-state index in [9.17, 15) is 18.0 Å². The van der Waals surface area contributed by atoms with E-state index in [1.165, 1.54) is 0 Å². The Kier molecular flexibility index (Phi) is 4.75. The molecule has 0 fully saturated rings. The predicted octanol–water partition coefficient (Wildman–Crippen LogP) is 3.39. The molecular formula is C15H19F3N2O. The van der Waals surface area contributed by atoms with Crippen molar-refractivity contribution >= 4 is 11.6 Å². The van der Waals surface area contributed by atoms with Gasteiger partial charge >= 0.3 is 6.18 Å². The molecule has 0 saturated heterocycles. The minimum absolute atomic E-state index is 0.0544. The standard InChI is InChI=1S/C15H19F3N2O/c1-2-7-20(10-15(16,17)18)14(21)8-11-9-19-13-6-4-3-5-12(11)13/h3-6,11,19H,2,7-10H2,1H3. The molecule has 1 unspecified atom stereocenters. The van der Waals surface area contributed by atoms with Crippen molar-refractivity contribution in [1.82, 2.24) is 4.90 Å². The van der Waals surface area contributed by atoms with Crippen LogP contribution in [0.15, 0.2) is 24.3 Å². The molecule has 1 N–H and O–H groups in total. The Bertz CT molecular complexity index is 502. The first-order chi connectivity index (χ1) is 9.90. The van der Waals surface area contributed by atoms with Gasteiger partial charge in [0, 0.05) is 31.1 Å². The maximum Gasteiger partial charge on any atom is 0.406 e. The van der Waals surface area contributed by atoms with E-state index in [1.54, 1.807) is 6.92 Å². The molecule has 1 aromatic carbocycles. The number of benzene rings is 1. The lowest BCUT2D eigenvalue weighted by Crippen LogP contribution is -2.40. The smallest absolute Gasteiger partial charge is 0.384 e. The molecule has 21 heavy (non-hydrogen) atoms. The Hall–Kier alpha value is -1.72. The van der Waals surface area contributed by atoms with E-state index in [1.807, 2.05) is 24.3 Å². The van der Waals surface area contributed by atoms with Gasteiger partial charge in [-0.05, 0) is 18.1 Å². The van der Waals surface area contributed by atoms with Gasteiger partial charge in [-0.2, -0.15) is 13.2 Å². The number of halogens is 3. The van der Waals surface area contributed by atoms with Gasteiger partial charge in [0.15, 0.2) is 0 Å². The lowest BCUT2D eigenvalue weighted by atomic mass is 9.97. The molecule has 3 nitrogen and oxygen atoms in total. The van der Waals surface area contributed by atoms with Gasteiger partial charge in [0.25, 0.3) is 0 Å². The van der Waals surface area contributed by atoms with Crippen molar-refractivity contribution in [2.45, 2.75) is 31.9 Å². The van der Waals surface area contributed by atoms with Crippen LogP contribution in [0.1, 0.15) is 31.2 Å². The van der Waals surface area contributed by atoms with Crippen LogP contribution >= 0.6 is 0 Å². The Balaban J connectivity index is 2.03. The molecule has 1 atom stereocenters. The average molecular weight is 300 g/mol. The van der Waals surface area contributed by atoms with Crippen LogP contribution in [-0.4, -0.2) is 36.6 Å². The Morgan fingerprint density at radius 1 is 1.38 bits per heavy atom. The van der Waals surface area contributed by atoms with Gasteiger partial charge < -0.3 is 10.2 Å². The highest BCUT2D eigenvalue weighted by Crippen LogP contribution is 2.33. The fourth-order valence-corrected chi connectivity index (χ4v) is 2.66. The summed E-state index contributed by atoms with van der Waals surface area (Å²) in [5, 5.41) is 3.18. The number of nitrogens with zero attached hydrogens (tertiary/aromatic N) is 1. The number of carbonyl (C=O) groups is 1. The van der Waals surface area contributed by atoms with Crippen LogP contribution in [0.4, 0.5) is 18.9 Å². The molecule has 0 aromatic heterocycles. The largest absolute Gasteiger partial charge is 0.406 e. The molecule has 116 valence electrons. The summed E-state index contributed by atoms with van der Waals surface area (Å²) in [6.45, 7) is 1.34. The molecule has 0 spiro atoms. The molecule has 0 radical (unpaired) electrons. The summed E-state index contributed by atoms with van der Waals surface area (Å²) < 4.78 is 37.6. The SMILES string of the molecule is CCCN(CC(F)(F)F)C(=O)CC1CNc2ccccc21. The molecule has 1 amide bonds. The first-order valence-electron chi connectivity index (χ1n) is 7.08. The van der Waals surface area contributed by atoms with Crippen LogP contribution in [0.5, 0.6) is 0 Å². The summed E-state index contributed by atoms with van der Waals surface area (Å²) >= 11 is 0. The van der Waals surface area contributed by atoms with Crippen molar-refractivity contribution in [1.29, 1.82) is 0 Å². The van der Waals surface area contributed by atoms with Crippen LogP contribution < -0.4 is 5.32 Å². The quantitative estimate of drug-likeness (QED) is 0.904. The van der Waals surface area contributed by atoms with E-state index in [-0.39, 0.29) is 18.9 Å². The molecule has 0 bridgehead atoms. The van der Waals surface area contributed by atoms with Crippen LogP contribution in [0.2, 0.25) is 0 Å². The van der Waals surface area contributed by atoms with Crippen molar-refractivity contribution in [2.24, 2.45) is 0 Å². The molecule has 2 rings (SSSR count). The first-order valence-corrected chi connectivity index (χ1v) is 7.08. The van der Waals surface area contributed by atoms with E-state index >= 15 is 0 Å². The molecule has 0 aliphatic carbocycles. The second kappa shape index (κ2) is 6.37. The lowest BCUT2D eigenvalue weighted by Gasteiger charge is -2.24. The number of anilines is 1. The maximum absolute atomic E-state index is 12.5. The fraction of sp³-hybridized carbons (Fsp3) is 0.533. The third-order valence-corrected chi connectivity index (χ3v) is 3.58. The number of amides is 1. The van der Waals surface area contributed by atoms with Gasteiger partial charge in [0.05, 0.1) is 0 Å². The van der Waals surface area contributed by atoms with E-state index in [0.717, 1.165) is 16.2 Å². The highest BCUT2D eigenvalue weighted by atomic mass is 19.4. The van der Waals surface area contributed by atoms with Crippen LogP contribution in [0.25, 0.3) is 0 Å². The van der Waals surface area contributed by atoms with Crippen molar-refractivity contribution in [2.75, 3.05) is 25.0 Å². The van der Waals surface area contributed by atoms with Crippen LogP contribution in [-0.2, 0) is 4.79 Å². The second-order valence-corrected chi connectivity index (χ2v) is 5.30. The lowest BCUT2D eigenvalue weighted by molar-refractivity contribution is -0.161. The molecule has 1 aromatic rings. The van der Waals surface area contributed by atoms with Crippen molar-refractivity contribution in [3.05, 3.63) is 29.8 Å². The van der Waals surface area contributed by atoms with Gasteiger partial charge in [-0.25, -0.2) is 0 Å². The number of carbonyl (C=O) groups excluding carboxylic acids is 1. The van der Waals surface area contributed by atoms with Gasteiger partial charge in [-0.15, -0.1) is 0 Å². The average Bonchev–Trinajstić information content (AvgIpc) is 2.80. The van der Waals surface area contributed by atoms with E-state index in [2.05, 4.69) is 5.32 Å². The summed E-state index contributed by atoms with van der Waals surface area (Å²) in [7, 11) is 0. The van der Waals surface area contributed by atoms with Crippen molar-refractivity contribution in [3.8, 4) is 0 Å². The normalized spacial score (nSPS) is 17.2. The summed E-state index contributed by atoms with van der Waals surface area (Å²) in [4.78, 5) is 13.1. The van der Waals surface area contributed by atoms with Gasteiger partial charge in [-0.3, -0.25) is 4.79 Å². The number of nitrogens with one attached hydrogen (secondary N) is 1. The zero-order valence-corrected chi connectivity index (χ0v) is 11.9. The molecule has 1 aliphatic rings. The Morgan fingerprint density at radius 2 is 2.10 bits per heavy atom. The third-order valence-electron chi connectivity index (χ3n) is 3.58. The molecular weight excluding hydrogens is 281 g/mol. The summed E-state index contributed by atoms with van der Waals surface area (Å²) in [6, 6.07) is 7.60. The number of alkyl halides is 3. The molecule has 0 saturated carbocycles. The summed E-state index contributed by atoms with van der Waals surface area (Å²) in [5.74, 6) is -0.487. The predicted molar refractivity (Wildman–Crippen MR) is 75.2 cm³/mol. The Labute approximate surface area is 122 Å². The molecule has 1 heterocycles. The number of para-hydroxylation sites is 1. The number of fused-ring (bicyclic) bond motifs is 1. The van der Waals surface area contributed by atoms with Gasteiger partial charge in [0.2, 0.25) is 5.91 Å². The zero-order valence-electron chi connectivity index (χ0n) is 11.9. The highest BCUT2D eigenvalue weighted by Gasteiger charge is 2.34. The van der Waals surface area contributed by atoms with E-state index in [4.69, 9.17) is 0 Å². The zero-order chi connectivity index (χ0) is 15.5. The topological polar surface area (TPSA) is 32.3 Å². The van der Waals surface area contributed by atoms with Crippen molar-refractivity contribution in [3.63, 3.8) is 0 Å². The second-order valence-electron chi connectivity index (χ2n) is 5.30. The number of rotatable bonds is 5. The fourth-order valence-electron chi connectivity index (χ4n) is 2.66. The third kappa shape index (κ3) is 4.12. The molecule has 1 aliphatic heterocycles. The van der Waals surface area contributed by atoms with Gasteiger partial charge in [0.1, 0.15) is 6.54 Å². The minimum Gasteiger partial charge on any atom is -0.384 e. The highest BCUT2D eigenvalue weighted by molar-refractivity contribution is 5.78. The van der Waals surface area contributed by atoms with Gasteiger partial charge in [-0.1, -0.05) is 25.1 Å². The maximum atomic E-state index is 12.5. The molecule has 6 heteroatoms. The first kappa shape index (κ1) is 15.7. The Morgan fingerprint density at radius 3 is 2.76 bits per heavy atom. The number of hydrogen-bond acceptors (Lipinski definition) is 2. The number of hydrogen-bond donors (Lipinski definition) is 1.